The second kappa shape index (κ2) is 5.54. The first kappa shape index (κ1) is 13.0. The van der Waals surface area contributed by atoms with Crippen LogP contribution in [0.5, 0.6) is 0 Å². The summed E-state index contributed by atoms with van der Waals surface area (Å²) in [4.78, 5) is 17.8. The molecule has 0 aromatic carbocycles. The van der Waals surface area contributed by atoms with E-state index in [1.54, 1.807) is 23.5 Å². The molecule has 3 rings (SSSR count). The lowest BCUT2D eigenvalue weighted by Gasteiger charge is -2.03. The van der Waals surface area contributed by atoms with Crippen LogP contribution in [-0.2, 0) is 12.8 Å². The first-order chi connectivity index (χ1) is 9.76. The molecule has 0 unspecified atom stereocenters. The SMILES string of the molecule is CCNc1ccc(C(=O)Nc2nc3c(s2)CCC3)nn1. The number of anilines is 2. The molecule has 0 aliphatic heterocycles. The molecule has 2 heterocycles. The summed E-state index contributed by atoms with van der Waals surface area (Å²) < 4.78 is 0. The van der Waals surface area contributed by atoms with Crippen LogP contribution >= 0.6 is 11.3 Å². The van der Waals surface area contributed by atoms with Gasteiger partial charge in [0, 0.05) is 11.4 Å². The van der Waals surface area contributed by atoms with Crippen molar-refractivity contribution in [3.63, 3.8) is 0 Å². The molecule has 0 spiro atoms. The molecule has 1 amide bonds. The number of hydrogen-bond donors (Lipinski definition) is 2. The molecule has 104 valence electrons. The molecule has 0 radical (unpaired) electrons. The molecular weight excluding hydrogens is 274 g/mol. The lowest BCUT2D eigenvalue weighted by Crippen LogP contribution is -2.14. The number of fused-ring (bicyclic) bond motifs is 1. The topological polar surface area (TPSA) is 79.8 Å². The van der Waals surface area contributed by atoms with Crippen LogP contribution in [0.4, 0.5) is 10.9 Å². The average molecular weight is 289 g/mol. The number of hydrogen-bond acceptors (Lipinski definition) is 6. The fraction of sp³-hybridized carbons (Fsp3) is 0.385. The van der Waals surface area contributed by atoms with Gasteiger partial charge in [0.05, 0.1) is 5.69 Å². The third-order valence-corrected chi connectivity index (χ3v) is 4.14. The van der Waals surface area contributed by atoms with Crippen LogP contribution < -0.4 is 10.6 Å². The number of carbonyl (C=O) groups excluding carboxylic acids is 1. The van der Waals surface area contributed by atoms with Gasteiger partial charge in [-0.2, -0.15) is 0 Å². The van der Waals surface area contributed by atoms with E-state index in [9.17, 15) is 4.79 Å². The number of nitrogens with zero attached hydrogens (tertiary/aromatic N) is 3. The molecular formula is C13H15N5OS. The predicted molar refractivity (Wildman–Crippen MR) is 78.3 cm³/mol. The van der Waals surface area contributed by atoms with Crippen LogP contribution in [0.25, 0.3) is 0 Å². The highest BCUT2D eigenvalue weighted by Gasteiger charge is 2.18. The lowest BCUT2D eigenvalue weighted by molar-refractivity contribution is 0.102. The minimum atomic E-state index is -0.270. The van der Waals surface area contributed by atoms with Crippen LogP contribution in [-0.4, -0.2) is 27.6 Å². The normalized spacial score (nSPS) is 13.1. The van der Waals surface area contributed by atoms with E-state index in [1.165, 1.54) is 11.3 Å². The summed E-state index contributed by atoms with van der Waals surface area (Å²) in [6.45, 7) is 2.74. The van der Waals surface area contributed by atoms with Crippen molar-refractivity contribution in [3.8, 4) is 0 Å². The Morgan fingerprint density at radius 1 is 1.35 bits per heavy atom. The van der Waals surface area contributed by atoms with Gasteiger partial charge in [-0.15, -0.1) is 21.5 Å². The number of carbonyl (C=O) groups is 1. The fourth-order valence-electron chi connectivity index (χ4n) is 2.13. The number of thiazole rings is 1. The van der Waals surface area contributed by atoms with Crippen LogP contribution in [0.3, 0.4) is 0 Å². The number of aryl methyl sites for hydroxylation is 2. The van der Waals surface area contributed by atoms with Crippen molar-refractivity contribution in [1.29, 1.82) is 0 Å². The second-order valence-corrected chi connectivity index (χ2v) is 5.61. The molecule has 0 saturated carbocycles. The number of nitrogens with one attached hydrogen (secondary N) is 2. The minimum Gasteiger partial charge on any atom is -0.369 e. The predicted octanol–water partition coefficient (Wildman–Crippen LogP) is 2.11. The highest BCUT2D eigenvalue weighted by atomic mass is 32.1. The van der Waals surface area contributed by atoms with Crippen LogP contribution in [0.2, 0.25) is 0 Å². The summed E-state index contributed by atoms with van der Waals surface area (Å²) >= 11 is 1.55. The molecule has 1 aliphatic carbocycles. The van der Waals surface area contributed by atoms with E-state index in [0.717, 1.165) is 25.1 Å². The Hall–Kier alpha value is -2.02. The maximum absolute atomic E-state index is 12.0. The Balaban J connectivity index is 1.68. The molecule has 0 saturated heterocycles. The number of rotatable bonds is 4. The quantitative estimate of drug-likeness (QED) is 0.901. The van der Waals surface area contributed by atoms with E-state index in [1.807, 2.05) is 6.92 Å². The van der Waals surface area contributed by atoms with Gasteiger partial charge in [0.1, 0.15) is 5.82 Å². The summed E-state index contributed by atoms with van der Waals surface area (Å²) in [6, 6.07) is 3.40. The molecule has 20 heavy (non-hydrogen) atoms. The van der Waals surface area contributed by atoms with Crippen molar-refractivity contribution < 1.29 is 4.79 Å². The van der Waals surface area contributed by atoms with Gasteiger partial charge in [-0.05, 0) is 38.3 Å². The van der Waals surface area contributed by atoms with Crippen molar-refractivity contribution in [3.05, 3.63) is 28.4 Å². The first-order valence-corrected chi connectivity index (χ1v) is 7.45. The maximum atomic E-state index is 12.0. The monoisotopic (exact) mass is 289 g/mol. The second-order valence-electron chi connectivity index (χ2n) is 4.53. The third kappa shape index (κ3) is 2.62. The van der Waals surface area contributed by atoms with Crippen LogP contribution in [0.15, 0.2) is 12.1 Å². The van der Waals surface area contributed by atoms with E-state index in [0.29, 0.717) is 16.6 Å². The van der Waals surface area contributed by atoms with Crippen LogP contribution in [0.1, 0.15) is 34.4 Å². The van der Waals surface area contributed by atoms with E-state index < -0.39 is 0 Å². The van der Waals surface area contributed by atoms with Crippen molar-refractivity contribution >= 4 is 28.2 Å². The molecule has 0 bridgehead atoms. The highest BCUT2D eigenvalue weighted by Crippen LogP contribution is 2.30. The highest BCUT2D eigenvalue weighted by molar-refractivity contribution is 7.15. The Morgan fingerprint density at radius 2 is 2.25 bits per heavy atom. The Morgan fingerprint density at radius 3 is 2.95 bits per heavy atom. The summed E-state index contributed by atoms with van der Waals surface area (Å²) in [7, 11) is 0. The van der Waals surface area contributed by atoms with Crippen molar-refractivity contribution in [2.45, 2.75) is 26.2 Å². The van der Waals surface area contributed by atoms with Gasteiger partial charge >= 0.3 is 0 Å². The van der Waals surface area contributed by atoms with E-state index >= 15 is 0 Å². The average Bonchev–Trinajstić information content (AvgIpc) is 3.01. The standard InChI is InChI=1S/C13H15N5OS/c1-2-14-11-7-6-9(17-18-11)12(19)16-13-15-8-4-3-5-10(8)20-13/h6-7H,2-5H2,1H3,(H,14,18)(H,15,16,19). The minimum absolute atomic E-state index is 0.270. The summed E-state index contributed by atoms with van der Waals surface area (Å²) in [5.41, 5.74) is 1.42. The Bertz CT molecular complexity index is 601. The van der Waals surface area contributed by atoms with Gasteiger partial charge in [0.25, 0.3) is 5.91 Å². The van der Waals surface area contributed by atoms with Crippen molar-refractivity contribution in [2.75, 3.05) is 17.2 Å². The summed E-state index contributed by atoms with van der Waals surface area (Å²) in [5.74, 6) is 0.394. The Kier molecular flexibility index (Phi) is 3.60. The zero-order valence-electron chi connectivity index (χ0n) is 11.1. The van der Waals surface area contributed by atoms with E-state index in [2.05, 4.69) is 25.8 Å². The fourth-order valence-corrected chi connectivity index (χ4v) is 3.18. The molecule has 7 heteroatoms. The van der Waals surface area contributed by atoms with Gasteiger partial charge in [0.2, 0.25) is 0 Å². The van der Waals surface area contributed by atoms with Gasteiger partial charge < -0.3 is 5.32 Å². The first-order valence-electron chi connectivity index (χ1n) is 6.64. The van der Waals surface area contributed by atoms with E-state index in [-0.39, 0.29) is 5.91 Å². The molecule has 6 nitrogen and oxygen atoms in total. The van der Waals surface area contributed by atoms with Gasteiger partial charge in [-0.3, -0.25) is 10.1 Å². The zero-order valence-corrected chi connectivity index (χ0v) is 12.0. The number of amides is 1. The lowest BCUT2D eigenvalue weighted by atomic mass is 10.3. The summed E-state index contributed by atoms with van der Waals surface area (Å²) in [6.07, 6.45) is 3.25. The molecule has 0 fully saturated rings. The zero-order chi connectivity index (χ0) is 13.9. The molecule has 0 atom stereocenters. The smallest absolute Gasteiger partial charge is 0.277 e. The molecule has 2 N–H and O–H groups in total. The van der Waals surface area contributed by atoms with Gasteiger partial charge in [-0.1, -0.05) is 0 Å². The van der Waals surface area contributed by atoms with E-state index in [4.69, 9.17) is 0 Å². The summed E-state index contributed by atoms with van der Waals surface area (Å²) in [5, 5.41) is 14.3. The Labute approximate surface area is 120 Å². The molecule has 2 aromatic heterocycles. The van der Waals surface area contributed by atoms with Crippen LogP contribution in [0, 0.1) is 0 Å². The number of aromatic nitrogens is 3. The van der Waals surface area contributed by atoms with Crippen molar-refractivity contribution in [2.24, 2.45) is 0 Å². The molecule has 1 aliphatic rings. The van der Waals surface area contributed by atoms with Crippen molar-refractivity contribution in [1.82, 2.24) is 15.2 Å². The molecule has 2 aromatic rings. The van der Waals surface area contributed by atoms with Gasteiger partial charge in [-0.25, -0.2) is 4.98 Å². The largest absolute Gasteiger partial charge is 0.369 e. The third-order valence-electron chi connectivity index (χ3n) is 3.07. The van der Waals surface area contributed by atoms with Gasteiger partial charge in [0.15, 0.2) is 10.8 Å². The maximum Gasteiger partial charge on any atom is 0.277 e.